The minimum absolute atomic E-state index is 0.131. The molecular formula is C21H16O. The molecule has 0 amide bonds. The van der Waals surface area contributed by atoms with Crippen LogP contribution in [0.2, 0.25) is 0 Å². The van der Waals surface area contributed by atoms with Crippen molar-refractivity contribution >= 4 is 10.8 Å². The predicted molar refractivity (Wildman–Crippen MR) is 89.7 cm³/mol. The SMILES string of the molecule is C(#C[C@@H]1OCCc2cc3ccccc3cc21)c1ccccc1. The normalized spacial score (nSPS) is 16.6. The summed E-state index contributed by atoms with van der Waals surface area (Å²) in [6.45, 7) is 0.736. The predicted octanol–water partition coefficient (Wildman–Crippen LogP) is 4.51. The Hall–Kier alpha value is -2.56. The van der Waals surface area contributed by atoms with Crippen LogP contribution in [0.15, 0.2) is 66.7 Å². The molecule has 1 aliphatic rings. The molecule has 22 heavy (non-hydrogen) atoms. The zero-order valence-electron chi connectivity index (χ0n) is 12.3. The van der Waals surface area contributed by atoms with Gasteiger partial charge in [0.15, 0.2) is 0 Å². The third kappa shape index (κ3) is 2.50. The van der Waals surface area contributed by atoms with Gasteiger partial charge in [-0.25, -0.2) is 0 Å². The van der Waals surface area contributed by atoms with E-state index in [2.05, 4.69) is 48.2 Å². The number of ether oxygens (including phenoxy) is 1. The van der Waals surface area contributed by atoms with Crippen LogP contribution in [0.5, 0.6) is 0 Å². The molecule has 0 fully saturated rings. The van der Waals surface area contributed by atoms with Crippen LogP contribution in [-0.2, 0) is 11.2 Å². The molecule has 1 heteroatoms. The summed E-state index contributed by atoms with van der Waals surface area (Å²) in [6.07, 6.45) is 0.831. The van der Waals surface area contributed by atoms with E-state index in [0.717, 1.165) is 18.6 Å². The zero-order chi connectivity index (χ0) is 14.8. The summed E-state index contributed by atoms with van der Waals surface area (Å²) in [5, 5.41) is 2.54. The molecular weight excluding hydrogens is 268 g/mol. The van der Waals surface area contributed by atoms with E-state index in [-0.39, 0.29) is 6.10 Å². The Morgan fingerprint density at radius 2 is 1.59 bits per heavy atom. The molecule has 0 saturated heterocycles. The molecule has 0 aromatic heterocycles. The molecule has 3 aromatic rings. The summed E-state index contributed by atoms with van der Waals surface area (Å²) < 4.78 is 5.90. The lowest BCUT2D eigenvalue weighted by molar-refractivity contribution is 0.0815. The van der Waals surface area contributed by atoms with Crippen molar-refractivity contribution in [2.75, 3.05) is 6.61 Å². The summed E-state index contributed by atoms with van der Waals surface area (Å²) in [5.74, 6) is 6.51. The van der Waals surface area contributed by atoms with Gasteiger partial charge < -0.3 is 4.74 Å². The van der Waals surface area contributed by atoms with E-state index in [4.69, 9.17) is 4.74 Å². The third-order valence-electron chi connectivity index (χ3n) is 4.07. The molecule has 0 spiro atoms. The number of benzene rings is 3. The monoisotopic (exact) mass is 284 g/mol. The maximum Gasteiger partial charge on any atom is 0.144 e. The highest BCUT2D eigenvalue weighted by molar-refractivity contribution is 5.84. The third-order valence-corrected chi connectivity index (χ3v) is 4.07. The van der Waals surface area contributed by atoms with Gasteiger partial charge >= 0.3 is 0 Å². The first-order valence-electron chi connectivity index (χ1n) is 7.60. The van der Waals surface area contributed by atoms with Gasteiger partial charge in [-0.15, -0.1) is 0 Å². The highest BCUT2D eigenvalue weighted by Crippen LogP contribution is 2.30. The molecule has 3 aromatic carbocycles. The first-order valence-corrected chi connectivity index (χ1v) is 7.60. The van der Waals surface area contributed by atoms with E-state index in [1.54, 1.807) is 0 Å². The van der Waals surface area contributed by atoms with Gasteiger partial charge in [-0.1, -0.05) is 60.4 Å². The van der Waals surface area contributed by atoms with Gasteiger partial charge in [0.25, 0.3) is 0 Å². The Morgan fingerprint density at radius 3 is 2.41 bits per heavy atom. The molecule has 1 atom stereocenters. The summed E-state index contributed by atoms with van der Waals surface area (Å²) in [5.41, 5.74) is 3.60. The van der Waals surface area contributed by atoms with E-state index in [0.29, 0.717) is 0 Å². The maximum atomic E-state index is 5.90. The Morgan fingerprint density at radius 1 is 0.864 bits per heavy atom. The molecule has 1 aliphatic heterocycles. The average molecular weight is 284 g/mol. The lowest BCUT2D eigenvalue weighted by atomic mass is 9.94. The number of hydrogen-bond donors (Lipinski definition) is 0. The summed E-state index contributed by atoms with van der Waals surface area (Å²) >= 11 is 0. The van der Waals surface area contributed by atoms with E-state index in [1.807, 2.05) is 30.3 Å². The molecule has 106 valence electrons. The smallest absolute Gasteiger partial charge is 0.144 e. The van der Waals surface area contributed by atoms with Gasteiger partial charge in [0.2, 0.25) is 0 Å². The Labute approximate surface area is 130 Å². The zero-order valence-corrected chi connectivity index (χ0v) is 12.3. The second-order valence-electron chi connectivity index (χ2n) is 5.53. The van der Waals surface area contributed by atoms with E-state index in [1.165, 1.54) is 21.9 Å². The minimum atomic E-state index is -0.131. The molecule has 0 saturated carbocycles. The van der Waals surface area contributed by atoms with Crippen molar-refractivity contribution in [2.24, 2.45) is 0 Å². The van der Waals surface area contributed by atoms with Gasteiger partial charge in [0.1, 0.15) is 6.10 Å². The van der Waals surface area contributed by atoms with E-state index < -0.39 is 0 Å². The summed E-state index contributed by atoms with van der Waals surface area (Å²) in [7, 11) is 0. The quantitative estimate of drug-likeness (QED) is 0.552. The van der Waals surface area contributed by atoms with Crippen molar-refractivity contribution in [1.29, 1.82) is 0 Å². The number of fused-ring (bicyclic) bond motifs is 2. The number of rotatable bonds is 0. The van der Waals surface area contributed by atoms with Gasteiger partial charge in [-0.3, -0.25) is 0 Å². The average Bonchev–Trinajstić information content (AvgIpc) is 2.59. The lowest BCUT2D eigenvalue weighted by Gasteiger charge is -2.23. The minimum Gasteiger partial charge on any atom is -0.360 e. The summed E-state index contributed by atoms with van der Waals surface area (Å²) in [6, 6.07) is 23.0. The largest absolute Gasteiger partial charge is 0.360 e. The fourth-order valence-electron chi connectivity index (χ4n) is 2.93. The number of hydrogen-bond acceptors (Lipinski definition) is 1. The van der Waals surface area contributed by atoms with Crippen molar-refractivity contribution in [3.8, 4) is 11.8 Å². The van der Waals surface area contributed by atoms with Crippen LogP contribution in [-0.4, -0.2) is 6.61 Å². The molecule has 0 bridgehead atoms. The van der Waals surface area contributed by atoms with Gasteiger partial charge in [-0.05, 0) is 46.5 Å². The second-order valence-corrected chi connectivity index (χ2v) is 5.53. The molecule has 4 rings (SSSR count). The molecule has 1 heterocycles. The Kier molecular flexibility index (Phi) is 3.39. The first-order chi connectivity index (χ1) is 10.9. The highest BCUT2D eigenvalue weighted by Gasteiger charge is 2.19. The Bertz CT molecular complexity index is 869. The fourth-order valence-corrected chi connectivity index (χ4v) is 2.93. The van der Waals surface area contributed by atoms with Crippen molar-refractivity contribution in [1.82, 2.24) is 0 Å². The van der Waals surface area contributed by atoms with E-state index in [9.17, 15) is 0 Å². The fraction of sp³-hybridized carbons (Fsp3) is 0.143. The van der Waals surface area contributed by atoms with Gasteiger partial charge in [0, 0.05) is 5.56 Å². The molecule has 0 radical (unpaired) electrons. The topological polar surface area (TPSA) is 9.23 Å². The molecule has 1 nitrogen and oxygen atoms in total. The van der Waals surface area contributed by atoms with E-state index >= 15 is 0 Å². The molecule has 0 unspecified atom stereocenters. The standard InChI is InChI=1S/C21H16O/c1-2-6-16(7-3-1)10-11-21-20-15-18-9-5-4-8-17(18)14-19(20)12-13-22-21/h1-9,14-15,21H,12-13H2/t21-/m0/s1. The molecule has 0 aliphatic carbocycles. The van der Waals surface area contributed by atoms with Crippen molar-refractivity contribution in [2.45, 2.75) is 12.5 Å². The first kappa shape index (κ1) is 13.1. The maximum absolute atomic E-state index is 5.90. The van der Waals surface area contributed by atoms with Crippen LogP contribution in [0.3, 0.4) is 0 Å². The van der Waals surface area contributed by atoms with Crippen LogP contribution in [0.1, 0.15) is 22.8 Å². The van der Waals surface area contributed by atoms with Gasteiger partial charge in [0.05, 0.1) is 6.61 Å². The lowest BCUT2D eigenvalue weighted by Crippen LogP contribution is -2.15. The van der Waals surface area contributed by atoms with Crippen LogP contribution in [0, 0.1) is 11.8 Å². The van der Waals surface area contributed by atoms with Crippen LogP contribution >= 0.6 is 0 Å². The van der Waals surface area contributed by atoms with Crippen molar-refractivity contribution < 1.29 is 4.74 Å². The van der Waals surface area contributed by atoms with Crippen LogP contribution < -0.4 is 0 Å². The van der Waals surface area contributed by atoms with Crippen molar-refractivity contribution in [3.05, 3.63) is 83.4 Å². The van der Waals surface area contributed by atoms with Gasteiger partial charge in [-0.2, -0.15) is 0 Å². The second kappa shape index (κ2) is 5.67. The van der Waals surface area contributed by atoms with Crippen LogP contribution in [0.25, 0.3) is 10.8 Å². The summed E-state index contributed by atoms with van der Waals surface area (Å²) in [4.78, 5) is 0. The molecule has 0 N–H and O–H groups in total. The van der Waals surface area contributed by atoms with Crippen molar-refractivity contribution in [3.63, 3.8) is 0 Å². The highest BCUT2D eigenvalue weighted by atomic mass is 16.5. The Balaban J connectivity index is 1.76. The van der Waals surface area contributed by atoms with Crippen LogP contribution in [0.4, 0.5) is 0 Å².